The Kier molecular flexibility index (Phi) is 6.26. The molecule has 8 heteroatoms. The fraction of sp³-hybridized carbons (Fsp3) is 0.556. The van der Waals surface area contributed by atoms with E-state index in [0.29, 0.717) is 31.3 Å². The number of nitrogens with one attached hydrogen (secondary N) is 1. The van der Waals surface area contributed by atoms with Crippen LogP contribution in [-0.2, 0) is 11.0 Å². The van der Waals surface area contributed by atoms with Crippen molar-refractivity contribution in [3.63, 3.8) is 0 Å². The van der Waals surface area contributed by atoms with Crippen LogP contribution in [0.5, 0.6) is 0 Å². The zero-order valence-electron chi connectivity index (χ0n) is 14.7. The molecule has 1 aliphatic heterocycles. The van der Waals surface area contributed by atoms with Crippen LogP contribution >= 0.6 is 0 Å². The SMILES string of the molecule is CC(C)C(NC(=O)c1cc(C(F)(F)F)ccc1F)C(=O)N1CCCCC1. The van der Waals surface area contributed by atoms with Crippen molar-refractivity contribution in [1.29, 1.82) is 0 Å². The summed E-state index contributed by atoms with van der Waals surface area (Å²) in [5.41, 5.74) is -1.84. The number of amides is 2. The van der Waals surface area contributed by atoms with Crippen LogP contribution in [0.15, 0.2) is 18.2 Å². The summed E-state index contributed by atoms with van der Waals surface area (Å²) in [4.78, 5) is 26.6. The number of carbonyl (C=O) groups is 2. The Labute approximate surface area is 149 Å². The standard InChI is InChI=1S/C18H22F4N2O2/c1-11(2)15(17(26)24-8-4-3-5-9-24)23-16(25)13-10-12(18(20,21)22)6-7-14(13)19/h6-7,10-11,15H,3-5,8-9H2,1-2H3,(H,23,25). The lowest BCUT2D eigenvalue weighted by molar-refractivity contribution is -0.138. The van der Waals surface area contributed by atoms with Crippen LogP contribution in [0.1, 0.15) is 49.0 Å². The molecular weight excluding hydrogens is 352 g/mol. The van der Waals surface area contributed by atoms with Gasteiger partial charge in [0.2, 0.25) is 5.91 Å². The fourth-order valence-corrected chi connectivity index (χ4v) is 2.92. The van der Waals surface area contributed by atoms with Crippen LogP contribution in [0.25, 0.3) is 0 Å². The van der Waals surface area contributed by atoms with Gasteiger partial charge in [-0.1, -0.05) is 13.8 Å². The lowest BCUT2D eigenvalue weighted by Gasteiger charge is -2.32. The van der Waals surface area contributed by atoms with Crippen molar-refractivity contribution in [3.8, 4) is 0 Å². The van der Waals surface area contributed by atoms with Gasteiger partial charge < -0.3 is 10.2 Å². The summed E-state index contributed by atoms with van der Waals surface area (Å²) in [5, 5.41) is 2.41. The fourth-order valence-electron chi connectivity index (χ4n) is 2.92. The van der Waals surface area contributed by atoms with Crippen molar-refractivity contribution in [2.45, 2.75) is 45.3 Å². The van der Waals surface area contributed by atoms with Crippen molar-refractivity contribution in [3.05, 3.63) is 35.1 Å². The van der Waals surface area contributed by atoms with Gasteiger partial charge in [-0.05, 0) is 43.4 Å². The van der Waals surface area contributed by atoms with Crippen molar-refractivity contribution in [1.82, 2.24) is 10.2 Å². The molecule has 1 aromatic carbocycles. The van der Waals surface area contributed by atoms with Crippen LogP contribution in [-0.4, -0.2) is 35.8 Å². The van der Waals surface area contributed by atoms with E-state index in [9.17, 15) is 27.2 Å². The number of piperidine rings is 1. The third-order valence-corrected chi connectivity index (χ3v) is 4.43. The first-order chi connectivity index (χ1) is 12.1. The lowest BCUT2D eigenvalue weighted by Crippen LogP contribution is -2.52. The zero-order valence-corrected chi connectivity index (χ0v) is 14.7. The summed E-state index contributed by atoms with van der Waals surface area (Å²) >= 11 is 0. The Morgan fingerprint density at radius 3 is 2.27 bits per heavy atom. The number of rotatable bonds is 4. The normalized spacial score (nSPS) is 16.5. The average molecular weight is 374 g/mol. The van der Waals surface area contributed by atoms with Crippen molar-refractivity contribution < 1.29 is 27.2 Å². The van der Waals surface area contributed by atoms with E-state index in [4.69, 9.17) is 0 Å². The number of hydrogen-bond acceptors (Lipinski definition) is 2. The quantitative estimate of drug-likeness (QED) is 0.819. The van der Waals surface area contributed by atoms with Gasteiger partial charge in [-0.15, -0.1) is 0 Å². The van der Waals surface area contributed by atoms with E-state index in [1.165, 1.54) is 0 Å². The Balaban J connectivity index is 2.21. The Hall–Kier alpha value is -2.12. The third kappa shape index (κ3) is 4.74. The number of benzene rings is 1. The topological polar surface area (TPSA) is 49.4 Å². The zero-order chi connectivity index (χ0) is 19.5. The van der Waals surface area contributed by atoms with Gasteiger partial charge in [0.05, 0.1) is 11.1 Å². The largest absolute Gasteiger partial charge is 0.416 e. The van der Waals surface area contributed by atoms with Crippen molar-refractivity contribution in [2.75, 3.05) is 13.1 Å². The van der Waals surface area contributed by atoms with E-state index in [1.807, 2.05) is 0 Å². The van der Waals surface area contributed by atoms with Gasteiger partial charge in [0.1, 0.15) is 11.9 Å². The first-order valence-electron chi connectivity index (χ1n) is 8.57. The van der Waals surface area contributed by atoms with E-state index in [-0.39, 0.29) is 11.8 Å². The van der Waals surface area contributed by atoms with E-state index in [0.717, 1.165) is 19.3 Å². The van der Waals surface area contributed by atoms with Gasteiger partial charge in [-0.2, -0.15) is 13.2 Å². The monoisotopic (exact) mass is 374 g/mol. The van der Waals surface area contributed by atoms with E-state index < -0.39 is 35.1 Å². The second-order valence-electron chi connectivity index (χ2n) is 6.77. The molecule has 2 rings (SSSR count). The minimum atomic E-state index is -4.69. The summed E-state index contributed by atoms with van der Waals surface area (Å²) in [7, 11) is 0. The highest BCUT2D eigenvalue weighted by atomic mass is 19.4. The van der Waals surface area contributed by atoms with E-state index in [2.05, 4.69) is 5.32 Å². The summed E-state index contributed by atoms with van der Waals surface area (Å²) in [6.07, 6.45) is -1.93. The van der Waals surface area contributed by atoms with Gasteiger partial charge in [0, 0.05) is 13.1 Å². The molecule has 1 heterocycles. The second-order valence-corrected chi connectivity index (χ2v) is 6.77. The molecule has 1 atom stereocenters. The smallest absolute Gasteiger partial charge is 0.341 e. The molecule has 1 N–H and O–H groups in total. The molecule has 0 saturated carbocycles. The second kappa shape index (κ2) is 8.05. The van der Waals surface area contributed by atoms with Crippen LogP contribution in [0.3, 0.4) is 0 Å². The number of carbonyl (C=O) groups excluding carboxylic acids is 2. The Bertz CT molecular complexity index is 668. The minimum Gasteiger partial charge on any atom is -0.341 e. The maximum Gasteiger partial charge on any atom is 0.416 e. The number of hydrogen-bond donors (Lipinski definition) is 1. The van der Waals surface area contributed by atoms with Crippen LogP contribution in [0.4, 0.5) is 17.6 Å². The Morgan fingerprint density at radius 1 is 1.12 bits per heavy atom. The summed E-state index contributed by atoms with van der Waals surface area (Å²) in [5.74, 6) is -2.68. The molecule has 0 aliphatic carbocycles. The first kappa shape index (κ1) is 20.2. The molecule has 0 radical (unpaired) electrons. The number of alkyl halides is 3. The molecule has 2 amide bonds. The molecule has 1 aliphatic rings. The predicted octanol–water partition coefficient (Wildman–Crippen LogP) is 3.61. The summed E-state index contributed by atoms with van der Waals surface area (Å²) in [6, 6.07) is 0.724. The van der Waals surface area contributed by atoms with E-state index in [1.54, 1.807) is 18.7 Å². The molecule has 26 heavy (non-hydrogen) atoms. The highest BCUT2D eigenvalue weighted by Gasteiger charge is 2.33. The molecule has 1 fully saturated rings. The third-order valence-electron chi connectivity index (χ3n) is 4.43. The molecule has 1 aromatic rings. The van der Waals surface area contributed by atoms with Gasteiger partial charge in [0.15, 0.2) is 0 Å². The van der Waals surface area contributed by atoms with E-state index >= 15 is 0 Å². The minimum absolute atomic E-state index is 0.290. The first-order valence-corrected chi connectivity index (χ1v) is 8.57. The highest BCUT2D eigenvalue weighted by molar-refractivity contribution is 5.98. The highest BCUT2D eigenvalue weighted by Crippen LogP contribution is 2.30. The lowest BCUT2D eigenvalue weighted by atomic mass is 10.00. The molecule has 1 unspecified atom stereocenters. The maximum atomic E-state index is 13.9. The van der Waals surface area contributed by atoms with Gasteiger partial charge in [-0.3, -0.25) is 9.59 Å². The number of halogens is 4. The maximum absolute atomic E-state index is 13.9. The van der Waals surface area contributed by atoms with Crippen molar-refractivity contribution in [2.24, 2.45) is 5.92 Å². The Morgan fingerprint density at radius 2 is 1.73 bits per heavy atom. The summed E-state index contributed by atoms with van der Waals surface area (Å²) < 4.78 is 52.3. The molecule has 1 saturated heterocycles. The summed E-state index contributed by atoms with van der Waals surface area (Å²) in [6.45, 7) is 4.59. The van der Waals surface area contributed by atoms with Crippen LogP contribution in [0, 0.1) is 11.7 Å². The molecule has 4 nitrogen and oxygen atoms in total. The van der Waals surface area contributed by atoms with Gasteiger partial charge in [0.25, 0.3) is 5.91 Å². The van der Waals surface area contributed by atoms with Gasteiger partial charge in [-0.25, -0.2) is 4.39 Å². The van der Waals surface area contributed by atoms with Crippen LogP contribution < -0.4 is 5.32 Å². The average Bonchev–Trinajstić information content (AvgIpc) is 2.58. The molecule has 0 aromatic heterocycles. The molecule has 144 valence electrons. The molecule has 0 bridgehead atoms. The number of likely N-dealkylation sites (tertiary alicyclic amines) is 1. The van der Waals surface area contributed by atoms with Crippen molar-refractivity contribution >= 4 is 11.8 Å². The predicted molar refractivity (Wildman–Crippen MR) is 87.9 cm³/mol. The van der Waals surface area contributed by atoms with Gasteiger partial charge >= 0.3 is 6.18 Å². The van der Waals surface area contributed by atoms with Crippen LogP contribution in [0.2, 0.25) is 0 Å². The molecular formula is C18H22F4N2O2. The molecule has 0 spiro atoms. The number of nitrogens with zero attached hydrogens (tertiary/aromatic N) is 1.